The summed E-state index contributed by atoms with van der Waals surface area (Å²) in [7, 11) is 0. The van der Waals surface area contributed by atoms with Crippen LogP contribution in [0.5, 0.6) is 0 Å². The van der Waals surface area contributed by atoms with Gasteiger partial charge in [0.25, 0.3) is 0 Å². The fourth-order valence-electron chi connectivity index (χ4n) is 3.95. The summed E-state index contributed by atoms with van der Waals surface area (Å²) >= 11 is 11.4. The van der Waals surface area contributed by atoms with Crippen LogP contribution in [-0.4, -0.2) is 22.1 Å². The first-order chi connectivity index (χ1) is 11.4. The third-order valence-corrected chi connectivity index (χ3v) is 5.55. The number of aromatic nitrogens is 2. The Balaban J connectivity index is 1.69. The van der Waals surface area contributed by atoms with Gasteiger partial charge in [-0.15, -0.1) is 0 Å². The number of aromatic amines is 1. The molecule has 2 aliphatic rings. The second-order valence-electron chi connectivity index (χ2n) is 6.43. The van der Waals surface area contributed by atoms with E-state index in [1.807, 2.05) is 10.6 Å². The highest BCUT2D eigenvalue weighted by Crippen LogP contribution is 2.66. The summed E-state index contributed by atoms with van der Waals surface area (Å²) in [6.07, 6.45) is 1.09. The maximum atomic E-state index is 13.8. The molecule has 7 heteroatoms. The van der Waals surface area contributed by atoms with Gasteiger partial charge >= 0.3 is 5.97 Å². The van der Waals surface area contributed by atoms with Crippen LogP contribution in [0, 0.1) is 10.6 Å². The normalized spacial score (nSPS) is 23.7. The molecule has 1 aliphatic heterocycles. The molecule has 1 aromatic carbocycles. The largest absolute Gasteiger partial charge is 0.466 e. The third-order valence-electron chi connectivity index (χ3n) is 5.01. The smallest absolute Gasteiger partial charge is 0.311 e. The maximum absolute atomic E-state index is 13.8. The molecular weight excluding hydrogens is 351 g/mol. The molecule has 0 radical (unpaired) electrons. The summed E-state index contributed by atoms with van der Waals surface area (Å²) < 4.78 is 21.4. The van der Waals surface area contributed by atoms with Crippen molar-refractivity contribution in [3.63, 3.8) is 0 Å². The lowest BCUT2D eigenvalue weighted by atomic mass is 9.94. The van der Waals surface area contributed by atoms with Gasteiger partial charge in [-0.3, -0.25) is 4.79 Å². The molecule has 1 aliphatic carbocycles. The van der Waals surface area contributed by atoms with E-state index in [-0.39, 0.29) is 29.5 Å². The van der Waals surface area contributed by atoms with Gasteiger partial charge in [0.15, 0.2) is 4.77 Å². The van der Waals surface area contributed by atoms with Gasteiger partial charge in [0.05, 0.1) is 13.0 Å². The third kappa shape index (κ3) is 2.31. The van der Waals surface area contributed by atoms with Crippen molar-refractivity contribution in [1.82, 2.24) is 9.55 Å². The Morgan fingerprint density at radius 1 is 1.54 bits per heavy atom. The minimum atomic E-state index is -0.328. The summed E-state index contributed by atoms with van der Waals surface area (Å²) in [5, 5.41) is 0.401. The monoisotopic (exact) mass is 366 g/mol. The van der Waals surface area contributed by atoms with E-state index in [0.29, 0.717) is 22.9 Å². The van der Waals surface area contributed by atoms with Crippen molar-refractivity contribution in [3.8, 4) is 0 Å². The molecule has 0 unspecified atom stereocenters. The van der Waals surface area contributed by atoms with Gasteiger partial charge in [0.1, 0.15) is 5.82 Å². The van der Waals surface area contributed by atoms with E-state index in [4.69, 9.17) is 28.6 Å². The highest BCUT2D eigenvalue weighted by molar-refractivity contribution is 7.71. The van der Waals surface area contributed by atoms with Crippen LogP contribution in [0.15, 0.2) is 18.2 Å². The van der Waals surface area contributed by atoms with Crippen molar-refractivity contribution in [2.24, 2.45) is 0 Å². The Hall–Kier alpha value is -1.66. The minimum Gasteiger partial charge on any atom is -0.466 e. The first kappa shape index (κ1) is 15.8. The van der Waals surface area contributed by atoms with Crippen LogP contribution in [0.3, 0.4) is 0 Å². The van der Waals surface area contributed by atoms with E-state index >= 15 is 0 Å². The second kappa shape index (κ2) is 5.43. The second-order valence-corrected chi connectivity index (χ2v) is 7.26. The number of hydrogen-bond donors (Lipinski definition) is 1. The summed E-state index contributed by atoms with van der Waals surface area (Å²) in [5.41, 5.74) is 2.60. The number of hydrogen-bond acceptors (Lipinski definition) is 3. The van der Waals surface area contributed by atoms with Crippen molar-refractivity contribution in [1.29, 1.82) is 0 Å². The number of nitrogens with zero attached hydrogens (tertiary/aromatic N) is 1. The highest BCUT2D eigenvalue weighted by atomic mass is 35.5. The molecule has 1 saturated carbocycles. The van der Waals surface area contributed by atoms with Gasteiger partial charge in [-0.1, -0.05) is 11.6 Å². The molecule has 2 atom stereocenters. The van der Waals surface area contributed by atoms with Gasteiger partial charge in [0, 0.05) is 34.3 Å². The van der Waals surface area contributed by atoms with Crippen LogP contribution in [0.2, 0.25) is 5.02 Å². The first-order valence-corrected chi connectivity index (χ1v) is 8.67. The number of nitrogens with one attached hydrogen (secondary N) is 1. The number of benzene rings is 1. The van der Waals surface area contributed by atoms with Crippen molar-refractivity contribution < 1.29 is 13.9 Å². The Morgan fingerprint density at radius 2 is 2.33 bits per heavy atom. The summed E-state index contributed by atoms with van der Waals surface area (Å²) in [4.78, 5) is 15.0. The molecular formula is C17H16ClFN2O2S. The van der Waals surface area contributed by atoms with Gasteiger partial charge in [0.2, 0.25) is 0 Å². The zero-order chi connectivity index (χ0) is 17.1. The number of carbonyl (C=O) groups is 1. The molecule has 24 heavy (non-hydrogen) atoms. The van der Waals surface area contributed by atoms with E-state index in [2.05, 4.69) is 4.98 Å². The van der Waals surface area contributed by atoms with Crippen molar-refractivity contribution in [2.75, 3.05) is 6.61 Å². The fourth-order valence-corrected chi connectivity index (χ4v) is 4.46. The molecule has 0 saturated heterocycles. The minimum absolute atomic E-state index is 0.160. The topological polar surface area (TPSA) is 47.0 Å². The molecule has 4 nitrogen and oxygen atoms in total. The molecule has 2 heterocycles. The fraction of sp³-hybridized carbons (Fsp3) is 0.412. The Morgan fingerprint density at radius 3 is 3.04 bits per heavy atom. The molecule has 4 rings (SSSR count). The van der Waals surface area contributed by atoms with Crippen molar-refractivity contribution in [2.45, 2.75) is 37.6 Å². The number of esters is 1. The molecule has 2 aromatic rings. The lowest BCUT2D eigenvalue weighted by Crippen LogP contribution is -2.12. The van der Waals surface area contributed by atoms with Crippen molar-refractivity contribution in [3.05, 3.63) is 50.8 Å². The van der Waals surface area contributed by atoms with Crippen LogP contribution >= 0.6 is 23.8 Å². The average Bonchev–Trinajstić information content (AvgIpc) is 3.00. The average molecular weight is 367 g/mol. The lowest BCUT2D eigenvalue weighted by molar-refractivity contribution is -0.142. The Labute approximate surface area is 148 Å². The zero-order valence-electron chi connectivity index (χ0n) is 13.1. The van der Waals surface area contributed by atoms with Gasteiger partial charge in [-0.2, -0.15) is 0 Å². The van der Waals surface area contributed by atoms with Gasteiger partial charge in [-0.25, -0.2) is 4.39 Å². The molecule has 1 aromatic heterocycles. The summed E-state index contributed by atoms with van der Waals surface area (Å²) in [6.45, 7) is 2.82. The summed E-state index contributed by atoms with van der Waals surface area (Å²) in [6, 6.07) is 4.69. The number of carbonyl (C=O) groups excluding carboxylic acids is 1. The van der Waals surface area contributed by atoms with E-state index in [0.717, 1.165) is 23.4 Å². The molecule has 0 amide bonds. The predicted molar refractivity (Wildman–Crippen MR) is 90.4 cm³/mol. The number of fused-ring (bicyclic) bond motifs is 3. The van der Waals surface area contributed by atoms with Crippen LogP contribution in [0.4, 0.5) is 4.39 Å². The number of halogens is 2. The van der Waals surface area contributed by atoms with Crippen LogP contribution < -0.4 is 0 Å². The molecule has 1 N–H and O–H groups in total. The molecule has 0 bridgehead atoms. The van der Waals surface area contributed by atoms with E-state index in [1.54, 1.807) is 13.0 Å². The molecule has 126 valence electrons. The lowest BCUT2D eigenvalue weighted by Gasteiger charge is -2.13. The van der Waals surface area contributed by atoms with Crippen LogP contribution in [-0.2, 0) is 27.9 Å². The van der Waals surface area contributed by atoms with E-state index in [9.17, 15) is 9.18 Å². The van der Waals surface area contributed by atoms with Gasteiger partial charge < -0.3 is 14.3 Å². The maximum Gasteiger partial charge on any atom is 0.311 e. The summed E-state index contributed by atoms with van der Waals surface area (Å²) in [5.74, 6) is -0.372. The first-order valence-electron chi connectivity index (χ1n) is 7.88. The highest BCUT2D eigenvalue weighted by Gasteiger charge is 2.62. The van der Waals surface area contributed by atoms with Crippen molar-refractivity contribution >= 4 is 29.8 Å². The number of rotatable bonds is 4. The number of imidazole rings is 1. The molecule has 0 spiro atoms. The SMILES string of the molecule is CCOC(=O)Cc1[nH]c(=S)n2c1[C@@H]1C[C@]1(c1cc(F)cc(Cl)c1)C2. The predicted octanol–water partition coefficient (Wildman–Crippen LogP) is 3.88. The Kier molecular flexibility index (Phi) is 3.58. The number of ether oxygens (including phenoxy) is 1. The van der Waals surface area contributed by atoms with E-state index in [1.165, 1.54) is 6.07 Å². The van der Waals surface area contributed by atoms with E-state index < -0.39 is 0 Å². The standard InChI is InChI=1S/C17H16ClFN2O2S/c1-2-23-14(22)6-13-15-12-7-17(12,8-21(15)16(24)20-13)9-3-10(18)5-11(19)4-9/h3-5,12H,2,6-8H2,1H3,(H,20,24)/t12-,17+/m0/s1. The Bertz CT molecular complexity index is 886. The zero-order valence-corrected chi connectivity index (χ0v) is 14.6. The van der Waals surface area contributed by atoms with Crippen LogP contribution in [0.1, 0.15) is 36.2 Å². The van der Waals surface area contributed by atoms with Gasteiger partial charge in [-0.05, 0) is 49.3 Å². The number of H-pyrrole nitrogens is 1. The van der Waals surface area contributed by atoms with Crippen LogP contribution in [0.25, 0.3) is 0 Å². The quantitative estimate of drug-likeness (QED) is 0.659. The molecule has 1 fully saturated rings.